The molecule has 2 rings (SSSR count). The Labute approximate surface area is 116 Å². The lowest BCUT2D eigenvalue weighted by Crippen LogP contribution is -1.96. The van der Waals surface area contributed by atoms with Crippen molar-refractivity contribution in [2.24, 2.45) is 0 Å². The largest absolute Gasteiger partial charge is 0.496 e. The predicted octanol–water partition coefficient (Wildman–Crippen LogP) is 2.88. The quantitative estimate of drug-likeness (QED) is 0.912. The number of ether oxygens (including phenoxy) is 3. The molecule has 0 fully saturated rings. The molecule has 0 aliphatic carbocycles. The molecule has 1 heterocycles. The van der Waals surface area contributed by atoms with Gasteiger partial charge in [-0.25, -0.2) is 4.98 Å². The first kappa shape index (κ1) is 13.5. The van der Waals surface area contributed by atoms with Crippen LogP contribution in [0.5, 0.6) is 17.2 Å². The van der Waals surface area contributed by atoms with Crippen LogP contribution in [0.4, 0.5) is 5.13 Å². The summed E-state index contributed by atoms with van der Waals surface area (Å²) in [5, 5.41) is 5.82. The van der Waals surface area contributed by atoms with Crippen molar-refractivity contribution in [2.75, 3.05) is 33.7 Å². The van der Waals surface area contributed by atoms with Gasteiger partial charge in [-0.1, -0.05) is 0 Å². The van der Waals surface area contributed by atoms with Crippen LogP contribution in [0.2, 0.25) is 0 Å². The van der Waals surface area contributed by atoms with E-state index in [0.29, 0.717) is 17.2 Å². The summed E-state index contributed by atoms with van der Waals surface area (Å²) in [7, 11) is 6.67. The fourth-order valence-electron chi connectivity index (χ4n) is 1.76. The third kappa shape index (κ3) is 2.58. The number of rotatable bonds is 5. The number of benzene rings is 1. The van der Waals surface area contributed by atoms with Gasteiger partial charge >= 0.3 is 0 Å². The highest BCUT2D eigenvalue weighted by molar-refractivity contribution is 7.14. The number of methoxy groups -OCH3 is 3. The number of nitrogens with one attached hydrogen (secondary N) is 1. The number of aromatic nitrogens is 1. The van der Waals surface area contributed by atoms with Gasteiger partial charge in [-0.2, -0.15) is 0 Å². The molecule has 102 valence electrons. The topological polar surface area (TPSA) is 52.6 Å². The molecule has 0 saturated heterocycles. The van der Waals surface area contributed by atoms with Crippen LogP contribution in [0.25, 0.3) is 11.3 Å². The molecule has 0 atom stereocenters. The predicted molar refractivity (Wildman–Crippen MR) is 76.8 cm³/mol. The molecule has 1 N–H and O–H groups in total. The molecule has 1 aromatic carbocycles. The van der Waals surface area contributed by atoms with Crippen LogP contribution < -0.4 is 19.5 Å². The van der Waals surface area contributed by atoms with Gasteiger partial charge in [-0.3, -0.25) is 0 Å². The third-order valence-electron chi connectivity index (χ3n) is 2.69. The molecular weight excluding hydrogens is 264 g/mol. The average Bonchev–Trinajstić information content (AvgIpc) is 2.94. The second-order valence-electron chi connectivity index (χ2n) is 3.69. The Balaban J connectivity index is 2.59. The van der Waals surface area contributed by atoms with Crippen LogP contribution >= 0.6 is 11.3 Å². The van der Waals surface area contributed by atoms with E-state index >= 15 is 0 Å². The summed E-state index contributed by atoms with van der Waals surface area (Å²) in [4.78, 5) is 4.48. The van der Waals surface area contributed by atoms with Crippen molar-refractivity contribution in [1.29, 1.82) is 0 Å². The van der Waals surface area contributed by atoms with E-state index in [1.54, 1.807) is 21.3 Å². The third-order valence-corrected chi connectivity index (χ3v) is 3.55. The fourth-order valence-corrected chi connectivity index (χ4v) is 2.42. The zero-order valence-corrected chi connectivity index (χ0v) is 12.1. The zero-order valence-electron chi connectivity index (χ0n) is 11.3. The molecular formula is C13H16N2O3S. The summed E-state index contributed by atoms with van der Waals surface area (Å²) in [6.07, 6.45) is 0. The molecule has 0 aliphatic rings. The molecule has 0 aliphatic heterocycles. The maximum atomic E-state index is 5.41. The average molecular weight is 280 g/mol. The van der Waals surface area contributed by atoms with E-state index < -0.39 is 0 Å². The Morgan fingerprint density at radius 2 is 1.68 bits per heavy atom. The van der Waals surface area contributed by atoms with Gasteiger partial charge in [0, 0.05) is 24.6 Å². The minimum Gasteiger partial charge on any atom is -0.496 e. The molecule has 0 saturated carbocycles. The maximum Gasteiger partial charge on any atom is 0.182 e. The van der Waals surface area contributed by atoms with Crippen LogP contribution in [0.3, 0.4) is 0 Å². The molecule has 0 bridgehead atoms. The molecule has 2 aromatic rings. The highest BCUT2D eigenvalue weighted by atomic mass is 32.1. The van der Waals surface area contributed by atoms with Crippen LogP contribution in [0.1, 0.15) is 0 Å². The van der Waals surface area contributed by atoms with Crippen LogP contribution in [0, 0.1) is 0 Å². The van der Waals surface area contributed by atoms with Gasteiger partial charge in [0.15, 0.2) is 5.13 Å². The van der Waals surface area contributed by atoms with Gasteiger partial charge in [0.05, 0.1) is 32.6 Å². The van der Waals surface area contributed by atoms with Crippen LogP contribution in [-0.4, -0.2) is 33.4 Å². The molecule has 0 spiro atoms. The molecule has 0 amide bonds. The van der Waals surface area contributed by atoms with Crippen molar-refractivity contribution in [3.63, 3.8) is 0 Å². The molecule has 0 radical (unpaired) electrons. The Kier molecular flexibility index (Phi) is 4.11. The lowest BCUT2D eigenvalue weighted by atomic mass is 10.1. The Bertz CT molecular complexity index is 544. The van der Waals surface area contributed by atoms with Crippen molar-refractivity contribution in [3.05, 3.63) is 17.5 Å². The number of hydrogen-bond donors (Lipinski definition) is 1. The second-order valence-corrected chi connectivity index (χ2v) is 4.55. The number of nitrogens with zero attached hydrogens (tertiary/aromatic N) is 1. The molecule has 1 aromatic heterocycles. The van der Waals surface area contributed by atoms with Gasteiger partial charge in [-0.05, 0) is 0 Å². The molecule has 5 nitrogen and oxygen atoms in total. The summed E-state index contributed by atoms with van der Waals surface area (Å²) >= 11 is 1.53. The van der Waals surface area contributed by atoms with Crippen molar-refractivity contribution in [2.45, 2.75) is 0 Å². The van der Waals surface area contributed by atoms with Crippen molar-refractivity contribution >= 4 is 16.5 Å². The first-order valence-corrected chi connectivity index (χ1v) is 6.55. The van der Waals surface area contributed by atoms with Crippen molar-refractivity contribution < 1.29 is 14.2 Å². The first-order valence-electron chi connectivity index (χ1n) is 5.67. The second kappa shape index (κ2) is 5.79. The van der Waals surface area contributed by atoms with Gasteiger partial charge in [0.2, 0.25) is 0 Å². The summed E-state index contributed by atoms with van der Waals surface area (Å²) in [5.74, 6) is 2.02. The van der Waals surface area contributed by atoms with E-state index in [-0.39, 0.29) is 0 Å². The molecule has 6 heteroatoms. The van der Waals surface area contributed by atoms with E-state index in [9.17, 15) is 0 Å². The van der Waals surface area contributed by atoms with Gasteiger partial charge in [-0.15, -0.1) is 11.3 Å². The van der Waals surface area contributed by atoms with Crippen LogP contribution in [-0.2, 0) is 0 Å². The summed E-state index contributed by atoms with van der Waals surface area (Å²) in [6.45, 7) is 0. The van der Waals surface area contributed by atoms with Crippen molar-refractivity contribution in [3.8, 4) is 28.5 Å². The first-order chi connectivity index (χ1) is 9.23. The molecule has 0 unspecified atom stereocenters. The SMILES string of the molecule is CNc1nc(-c2c(OC)cc(OC)cc2OC)cs1. The highest BCUT2D eigenvalue weighted by Gasteiger charge is 2.17. The normalized spacial score (nSPS) is 10.1. The maximum absolute atomic E-state index is 5.41. The monoisotopic (exact) mass is 280 g/mol. The number of hydrogen-bond acceptors (Lipinski definition) is 6. The van der Waals surface area contributed by atoms with E-state index in [1.165, 1.54) is 11.3 Å². The van der Waals surface area contributed by atoms with Gasteiger partial charge in [0.1, 0.15) is 17.2 Å². The lowest BCUT2D eigenvalue weighted by molar-refractivity contribution is 0.377. The minimum absolute atomic E-state index is 0.671. The van der Waals surface area contributed by atoms with E-state index in [4.69, 9.17) is 14.2 Å². The standard InChI is InChI=1S/C13H16N2O3S/c1-14-13-15-9(7-19-13)12-10(17-3)5-8(16-2)6-11(12)18-4/h5-7H,1-4H3,(H,14,15). The lowest BCUT2D eigenvalue weighted by Gasteiger charge is -2.13. The number of anilines is 1. The summed E-state index contributed by atoms with van der Waals surface area (Å²) in [6, 6.07) is 3.63. The Hall–Kier alpha value is -1.95. The molecule has 19 heavy (non-hydrogen) atoms. The smallest absolute Gasteiger partial charge is 0.182 e. The van der Waals surface area contributed by atoms with E-state index in [2.05, 4.69) is 10.3 Å². The van der Waals surface area contributed by atoms with Gasteiger partial charge in [0.25, 0.3) is 0 Å². The Morgan fingerprint density at radius 1 is 1.05 bits per heavy atom. The highest BCUT2D eigenvalue weighted by Crippen LogP contribution is 2.42. The fraction of sp³-hybridized carbons (Fsp3) is 0.308. The van der Waals surface area contributed by atoms with E-state index in [1.807, 2.05) is 24.6 Å². The summed E-state index contributed by atoms with van der Waals surface area (Å²) in [5.41, 5.74) is 1.63. The summed E-state index contributed by atoms with van der Waals surface area (Å²) < 4.78 is 16.0. The van der Waals surface area contributed by atoms with E-state index in [0.717, 1.165) is 16.4 Å². The van der Waals surface area contributed by atoms with Crippen LogP contribution in [0.15, 0.2) is 17.5 Å². The van der Waals surface area contributed by atoms with Crippen molar-refractivity contribution in [1.82, 2.24) is 4.98 Å². The zero-order chi connectivity index (χ0) is 13.8. The minimum atomic E-state index is 0.671. The number of thiazole rings is 1. The van der Waals surface area contributed by atoms with Gasteiger partial charge < -0.3 is 19.5 Å². The Morgan fingerprint density at radius 3 is 2.11 bits per heavy atom.